The summed E-state index contributed by atoms with van der Waals surface area (Å²) >= 11 is 0. The average molecular weight is 179 g/mol. The Labute approximate surface area is 71.6 Å². The summed E-state index contributed by atoms with van der Waals surface area (Å²) in [5.74, 6) is -1.32. The van der Waals surface area contributed by atoms with Crippen LogP contribution in [0.1, 0.15) is 33.1 Å². The zero-order valence-corrected chi connectivity index (χ0v) is 7.56. The van der Waals surface area contributed by atoms with Crippen molar-refractivity contribution in [3.05, 3.63) is 0 Å². The predicted molar refractivity (Wildman–Crippen MR) is 45.0 cm³/mol. The molecule has 1 saturated carbocycles. The minimum absolute atomic E-state index is 0.159. The Morgan fingerprint density at radius 2 is 1.42 bits per heavy atom. The molecule has 72 valence electrons. The third-order valence-corrected chi connectivity index (χ3v) is 3.07. The molecule has 1 unspecified atom stereocenters. The zero-order chi connectivity index (χ0) is 9.35. The smallest absolute Gasteiger partial charge is 0.449 e. The first-order chi connectivity index (χ1) is 5.43. The van der Waals surface area contributed by atoms with Gasteiger partial charge >= 0.3 is 6.98 Å². The van der Waals surface area contributed by atoms with Crippen LogP contribution in [0, 0.1) is 11.8 Å². The van der Waals surface area contributed by atoms with Gasteiger partial charge in [-0.05, 0) is 0 Å². The molecule has 0 aromatic rings. The molecule has 0 aromatic carbocycles. The summed E-state index contributed by atoms with van der Waals surface area (Å²) in [6.07, 6.45) is 2.46. The summed E-state index contributed by atoms with van der Waals surface area (Å²) in [7, 11) is 0. The fourth-order valence-corrected chi connectivity index (χ4v) is 2.45. The number of rotatable bonds is 1. The fraction of sp³-hybridized carbons (Fsp3) is 1.00. The highest BCUT2D eigenvalue weighted by molar-refractivity contribution is 6.60. The van der Waals surface area contributed by atoms with Gasteiger partial charge in [-0.15, -0.1) is 0 Å². The highest BCUT2D eigenvalue weighted by Gasteiger charge is 2.42. The molecule has 0 amide bonds. The van der Waals surface area contributed by atoms with E-state index in [4.69, 9.17) is 0 Å². The molecular weight excluding hydrogens is 164 g/mol. The molecule has 1 rings (SSSR count). The van der Waals surface area contributed by atoms with Crippen molar-refractivity contribution in [1.29, 1.82) is 0 Å². The number of hydrogen-bond donors (Lipinski definition) is 0. The summed E-state index contributed by atoms with van der Waals surface area (Å²) in [6, 6.07) is 0. The molecule has 3 atom stereocenters. The van der Waals surface area contributed by atoms with E-state index in [2.05, 4.69) is 0 Å². The molecule has 0 aromatic heterocycles. The molecule has 0 spiro atoms. The van der Waals surface area contributed by atoms with E-state index in [1.165, 1.54) is 0 Å². The van der Waals surface area contributed by atoms with Crippen molar-refractivity contribution in [3.8, 4) is 0 Å². The van der Waals surface area contributed by atoms with Crippen LogP contribution in [0.15, 0.2) is 0 Å². The van der Waals surface area contributed by atoms with E-state index in [0.29, 0.717) is 0 Å². The van der Waals surface area contributed by atoms with Gasteiger partial charge in [0.2, 0.25) is 0 Å². The minimum Gasteiger partial charge on any atom is -0.449 e. The van der Waals surface area contributed by atoms with Crippen molar-refractivity contribution in [3.63, 3.8) is 0 Å². The van der Waals surface area contributed by atoms with Crippen LogP contribution in [-0.4, -0.2) is 6.98 Å². The van der Waals surface area contributed by atoms with Crippen LogP contribution < -0.4 is 0 Å². The maximum Gasteiger partial charge on any atom is 0.481 e. The standard InChI is InChI=1S/C8H15BF3/c1-6-4-3-5-7(2)8(6)9(10,11)12/h6-8H,3-5H2,1-2H3/q-1/t6-,7+,8?. The van der Waals surface area contributed by atoms with Gasteiger partial charge in [-0.2, -0.15) is 0 Å². The second-order valence-corrected chi connectivity index (χ2v) is 4.09. The van der Waals surface area contributed by atoms with Gasteiger partial charge in [0.1, 0.15) is 0 Å². The van der Waals surface area contributed by atoms with E-state index in [1.54, 1.807) is 13.8 Å². The molecule has 4 heteroatoms. The molecule has 12 heavy (non-hydrogen) atoms. The molecule has 0 aliphatic heterocycles. The Morgan fingerprint density at radius 3 is 1.67 bits per heavy atom. The largest absolute Gasteiger partial charge is 0.481 e. The lowest BCUT2D eigenvalue weighted by Crippen LogP contribution is -2.36. The average Bonchev–Trinajstić information content (AvgIpc) is 1.82. The lowest BCUT2D eigenvalue weighted by Gasteiger charge is -2.40. The molecule has 0 radical (unpaired) electrons. The van der Waals surface area contributed by atoms with Gasteiger partial charge < -0.3 is 12.9 Å². The van der Waals surface area contributed by atoms with Crippen molar-refractivity contribution in [2.75, 3.05) is 0 Å². The van der Waals surface area contributed by atoms with Gasteiger partial charge in [0.25, 0.3) is 0 Å². The van der Waals surface area contributed by atoms with E-state index in [1.807, 2.05) is 0 Å². The molecule has 0 heterocycles. The molecule has 0 bridgehead atoms. The van der Waals surface area contributed by atoms with Crippen LogP contribution in [-0.2, 0) is 0 Å². The molecule has 0 nitrogen and oxygen atoms in total. The first kappa shape index (κ1) is 9.94. The quantitative estimate of drug-likeness (QED) is 0.538. The Bertz CT molecular complexity index is 145. The second-order valence-electron chi connectivity index (χ2n) is 4.09. The van der Waals surface area contributed by atoms with Crippen molar-refractivity contribution < 1.29 is 12.9 Å². The molecular formula is C8H15BF3-. The van der Waals surface area contributed by atoms with Gasteiger partial charge in [-0.25, -0.2) is 0 Å². The lowest BCUT2D eigenvalue weighted by atomic mass is 9.56. The van der Waals surface area contributed by atoms with Crippen LogP contribution in [0.3, 0.4) is 0 Å². The summed E-state index contributed by atoms with van der Waals surface area (Å²) in [5.41, 5.74) is 0. The van der Waals surface area contributed by atoms with E-state index >= 15 is 0 Å². The third-order valence-electron chi connectivity index (χ3n) is 3.07. The Morgan fingerprint density at radius 1 is 1.00 bits per heavy atom. The van der Waals surface area contributed by atoms with Gasteiger partial charge in [0.05, 0.1) is 0 Å². The summed E-state index contributed by atoms with van der Waals surface area (Å²) in [5, 5.41) is 0. The summed E-state index contributed by atoms with van der Waals surface area (Å²) in [6.45, 7) is -1.15. The first-order valence-corrected chi connectivity index (χ1v) is 4.63. The van der Waals surface area contributed by atoms with Crippen LogP contribution >= 0.6 is 0 Å². The fourth-order valence-electron chi connectivity index (χ4n) is 2.45. The Kier molecular flexibility index (Phi) is 2.74. The topological polar surface area (TPSA) is 0 Å². The van der Waals surface area contributed by atoms with Crippen LogP contribution in [0.25, 0.3) is 0 Å². The Hall–Kier alpha value is -0.145. The maximum absolute atomic E-state index is 12.5. The van der Waals surface area contributed by atoms with E-state index in [-0.39, 0.29) is 11.8 Å². The van der Waals surface area contributed by atoms with Gasteiger partial charge in [0.15, 0.2) is 0 Å². The van der Waals surface area contributed by atoms with Crippen molar-refractivity contribution in [1.82, 2.24) is 0 Å². The van der Waals surface area contributed by atoms with Crippen LogP contribution in [0.5, 0.6) is 0 Å². The maximum atomic E-state index is 12.5. The zero-order valence-electron chi connectivity index (χ0n) is 7.56. The molecule has 0 N–H and O–H groups in total. The highest BCUT2D eigenvalue weighted by atomic mass is 19.4. The van der Waals surface area contributed by atoms with E-state index in [9.17, 15) is 12.9 Å². The molecule has 0 saturated heterocycles. The molecule has 1 aliphatic rings. The van der Waals surface area contributed by atoms with Crippen molar-refractivity contribution in [2.24, 2.45) is 11.8 Å². The first-order valence-electron chi connectivity index (χ1n) is 4.63. The highest BCUT2D eigenvalue weighted by Crippen LogP contribution is 2.46. The number of halogens is 3. The molecule has 1 aliphatic carbocycles. The van der Waals surface area contributed by atoms with Gasteiger partial charge in [-0.1, -0.05) is 50.8 Å². The Balaban J connectivity index is 2.69. The van der Waals surface area contributed by atoms with Crippen LogP contribution in [0.4, 0.5) is 12.9 Å². The SMILES string of the molecule is C[C@@H]1CCC[C@H](C)C1[B-](F)(F)F. The predicted octanol–water partition coefficient (Wildman–Crippen LogP) is 3.66. The number of hydrogen-bond acceptors (Lipinski definition) is 0. The van der Waals surface area contributed by atoms with Crippen LogP contribution in [0.2, 0.25) is 5.82 Å². The summed E-state index contributed by atoms with van der Waals surface area (Å²) < 4.78 is 37.5. The van der Waals surface area contributed by atoms with Crippen molar-refractivity contribution in [2.45, 2.75) is 38.9 Å². The second kappa shape index (κ2) is 3.31. The normalized spacial score (nSPS) is 38.2. The van der Waals surface area contributed by atoms with Gasteiger partial charge in [-0.3, -0.25) is 0 Å². The minimum atomic E-state index is -4.61. The monoisotopic (exact) mass is 179 g/mol. The van der Waals surface area contributed by atoms with Crippen molar-refractivity contribution >= 4 is 6.98 Å². The van der Waals surface area contributed by atoms with E-state index < -0.39 is 12.8 Å². The van der Waals surface area contributed by atoms with Gasteiger partial charge in [0, 0.05) is 0 Å². The van der Waals surface area contributed by atoms with E-state index in [0.717, 1.165) is 19.3 Å². The molecule has 1 fully saturated rings. The summed E-state index contributed by atoms with van der Waals surface area (Å²) in [4.78, 5) is 0. The third kappa shape index (κ3) is 1.96. The lowest BCUT2D eigenvalue weighted by molar-refractivity contribution is 0.245.